The summed E-state index contributed by atoms with van der Waals surface area (Å²) in [6, 6.07) is 10.9. The molecule has 24 heavy (non-hydrogen) atoms. The zero-order chi connectivity index (χ0) is 17.9. The summed E-state index contributed by atoms with van der Waals surface area (Å²) in [6.07, 6.45) is 2.12. The Morgan fingerprint density at radius 2 is 1.79 bits per heavy atom. The number of furan rings is 1. The van der Waals surface area contributed by atoms with Crippen LogP contribution in [-0.2, 0) is 16.3 Å². The molecule has 1 amide bonds. The van der Waals surface area contributed by atoms with Crippen molar-refractivity contribution in [3.05, 3.63) is 47.7 Å². The molecule has 0 saturated carbocycles. The lowest BCUT2D eigenvalue weighted by atomic mass is 10.1. The van der Waals surface area contributed by atoms with Crippen molar-refractivity contribution < 1.29 is 17.6 Å². The number of rotatable bonds is 6. The molecule has 1 unspecified atom stereocenters. The molecular formula is C18H23NO4S. The van der Waals surface area contributed by atoms with E-state index in [9.17, 15) is 13.2 Å². The van der Waals surface area contributed by atoms with Crippen LogP contribution < -0.4 is 0 Å². The number of sulfone groups is 1. The molecule has 0 aliphatic rings. The topological polar surface area (TPSA) is 67.6 Å². The van der Waals surface area contributed by atoms with Crippen molar-refractivity contribution in [2.24, 2.45) is 0 Å². The van der Waals surface area contributed by atoms with Crippen LogP contribution in [0.4, 0.5) is 0 Å². The van der Waals surface area contributed by atoms with Gasteiger partial charge in [-0.3, -0.25) is 4.79 Å². The molecule has 1 aromatic carbocycles. The van der Waals surface area contributed by atoms with Crippen LogP contribution in [0.3, 0.4) is 0 Å². The van der Waals surface area contributed by atoms with E-state index in [0.29, 0.717) is 5.76 Å². The average Bonchev–Trinajstić information content (AvgIpc) is 3.01. The maximum Gasteiger partial charge on any atom is 0.289 e. The predicted octanol–water partition coefficient (Wildman–Crippen LogP) is 3.01. The summed E-state index contributed by atoms with van der Waals surface area (Å²) < 4.78 is 28.4. The quantitative estimate of drug-likeness (QED) is 0.804. The van der Waals surface area contributed by atoms with Crippen molar-refractivity contribution in [3.63, 3.8) is 0 Å². The highest BCUT2D eigenvalue weighted by Crippen LogP contribution is 2.23. The molecule has 0 N–H and O–H groups in total. The van der Waals surface area contributed by atoms with E-state index in [1.807, 2.05) is 24.3 Å². The first-order chi connectivity index (χ1) is 11.2. The minimum Gasteiger partial charge on any atom is -0.451 e. The van der Waals surface area contributed by atoms with Gasteiger partial charge in [0.05, 0.1) is 5.75 Å². The molecule has 0 radical (unpaired) electrons. The van der Waals surface area contributed by atoms with Crippen LogP contribution >= 0.6 is 0 Å². The molecule has 6 heteroatoms. The van der Waals surface area contributed by atoms with E-state index >= 15 is 0 Å². The molecule has 5 nitrogen and oxygen atoms in total. The maximum absolute atomic E-state index is 12.5. The molecule has 0 bridgehead atoms. The molecule has 2 rings (SSSR count). The number of carbonyl (C=O) groups is 1. The first kappa shape index (κ1) is 18.3. The molecule has 1 heterocycles. The van der Waals surface area contributed by atoms with E-state index in [4.69, 9.17) is 4.42 Å². The number of hydrogen-bond acceptors (Lipinski definition) is 4. The zero-order valence-corrected chi connectivity index (χ0v) is 15.3. The van der Waals surface area contributed by atoms with Gasteiger partial charge in [-0.2, -0.15) is 0 Å². The van der Waals surface area contributed by atoms with Gasteiger partial charge >= 0.3 is 0 Å². The van der Waals surface area contributed by atoms with Crippen molar-refractivity contribution in [3.8, 4) is 11.3 Å². The van der Waals surface area contributed by atoms with Crippen LogP contribution in [0.15, 0.2) is 40.8 Å². The summed E-state index contributed by atoms with van der Waals surface area (Å²) in [7, 11) is -1.57. The Morgan fingerprint density at radius 1 is 1.17 bits per heavy atom. The van der Waals surface area contributed by atoms with Gasteiger partial charge in [0, 0.05) is 24.9 Å². The van der Waals surface area contributed by atoms with Gasteiger partial charge in [0.15, 0.2) is 5.76 Å². The first-order valence-electron chi connectivity index (χ1n) is 7.85. The van der Waals surface area contributed by atoms with E-state index in [-0.39, 0.29) is 17.4 Å². The molecule has 0 aliphatic heterocycles. The summed E-state index contributed by atoms with van der Waals surface area (Å²) in [5.74, 6) is 0.404. The van der Waals surface area contributed by atoms with Gasteiger partial charge in [0.25, 0.3) is 5.91 Å². The Morgan fingerprint density at radius 3 is 2.33 bits per heavy atom. The highest BCUT2D eigenvalue weighted by Gasteiger charge is 2.23. The lowest BCUT2D eigenvalue weighted by Crippen LogP contribution is -2.39. The molecule has 130 valence electrons. The molecule has 0 aliphatic carbocycles. The molecule has 0 fully saturated rings. The standard InChI is InChI=1S/C18H23NO4S/c1-5-14-6-8-15(9-7-14)16-10-11-17(23-16)18(20)19(3)13(2)12-24(4,21)22/h6-11,13H,5,12H2,1-4H3. The second-order valence-electron chi connectivity index (χ2n) is 6.07. The Balaban J connectivity index is 2.15. The van der Waals surface area contributed by atoms with Gasteiger partial charge in [-0.25, -0.2) is 8.42 Å². The van der Waals surface area contributed by atoms with Crippen LogP contribution in [0.5, 0.6) is 0 Å². The average molecular weight is 349 g/mol. The van der Waals surface area contributed by atoms with E-state index in [2.05, 4.69) is 6.92 Å². The monoisotopic (exact) mass is 349 g/mol. The number of hydrogen-bond donors (Lipinski definition) is 0. The Kier molecular flexibility index (Phi) is 5.49. The molecular weight excluding hydrogens is 326 g/mol. The van der Waals surface area contributed by atoms with Crippen LogP contribution in [0.2, 0.25) is 0 Å². The molecule has 1 atom stereocenters. The molecule has 0 saturated heterocycles. The number of carbonyl (C=O) groups excluding carboxylic acids is 1. The minimum absolute atomic E-state index is 0.0821. The number of nitrogens with zero attached hydrogens (tertiary/aromatic N) is 1. The first-order valence-corrected chi connectivity index (χ1v) is 9.91. The fourth-order valence-corrected chi connectivity index (χ4v) is 3.54. The summed E-state index contributed by atoms with van der Waals surface area (Å²) in [5.41, 5.74) is 2.13. The second-order valence-corrected chi connectivity index (χ2v) is 8.26. The second kappa shape index (κ2) is 7.21. The van der Waals surface area contributed by atoms with Gasteiger partial charge in [-0.05, 0) is 31.0 Å². The van der Waals surface area contributed by atoms with Gasteiger partial charge in [-0.1, -0.05) is 31.2 Å². The maximum atomic E-state index is 12.5. The fourth-order valence-electron chi connectivity index (χ4n) is 2.44. The van der Waals surface area contributed by atoms with Crippen LogP contribution in [-0.4, -0.2) is 44.3 Å². The minimum atomic E-state index is -3.15. The van der Waals surface area contributed by atoms with Crippen LogP contribution in [0, 0.1) is 0 Å². The third kappa shape index (κ3) is 4.47. The SMILES string of the molecule is CCc1ccc(-c2ccc(C(=O)N(C)C(C)CS(C)(=O)=O)o2)cc1. The van der Waals surface area contributed by atoms with Crippen molar-refractivity contribution in [2.75, 3.05) is 19.1 Å². The highest BCUT2D eigenvalue weighted by molar-refractivity contribution is 7.90. The molecule has 0 spiro atoms. The van der Waals surface area contributed by atoms with Crippen LogP contribution in [0.25, 0.3) is 11.3 Å². The number of benzene rings is 1. The molecule has 2 aromatic rings. The third-order valence-electron chi connectivity index (χ3n) is 3.99. The summed E-state index contributed by atoms with van der Waals surface area (Å²) >= 11 is 0. The number of amides is 1. The van der Waals surface area contributed by atoms with Crippen molar-refractivity contribution in [1.82, 2.24) is 4.90 Å². The summed E-state index contributed by atoms with van der Waals surface area (Å²) in [4.78, 5) is 13.8. The molecule has 1 aromatic heterocycles. The summed E-state index contributed by atoms with van der Waals surface area (Å²) in [5, 5.41) is 0. The van der Waals surface area contributed by atoms with Gasteiger partial charge in [0.2, 0.25) is 0 Å². The Hall–Kier alpha value is -2.08. The van der Waals surface area contributed by atoms with Gasteiger partial charge < -0.3 is 9.32 Å². The lowest BCUT2D eigenvalue weighted by molar-refractivity contribution is 0.0725. The number of aryl methyl sites for hydroxylation is 1. The fraction of sp³-hybridized carbons (Fsp3) is 0.389. The normalized spacial score (nSPS) is 12.8. The van der Waals surface area contributed by atoms with E-state index in [1.165, 1.54) is 10.5 Å². The largest absolute Gasteiger partial charge is 0.451 e. The van der Waals surface area contributed by atoms with E-state index in [1.54, 1.807) is 26.1 Å². The summed E-state index contributed by atoms with van der Waals surface area (Å²) in [6.45, 7) is 3.79. The Bertz CT molecular complexity index is 806. The van der Waals surface area contributed by atoms with Gasteiger partial charge in [-0.15, -0.1) is 0 Å². The van der Waals surface area contributed by atoms with E-state index in [0.717, 1.165) is 18.2 Å². The van der Waals surface area contributed by atoms with Crippen molar-refractivity contribution in [2.45, 2.75) is 26.3 Å². The van der Waals surface area contributed by atoms with Crippen LogP contribution in [0.1, 0.15) is 30.0 Å². The zero-order valence-electron chi connectivity index (χ0n) is 14.4. The van der Waals surface area contributed by atoms with E-state index < -0.39 is 15.9 Å². The third-order valence-corrected chi connectivity index (χ3v) is 5.08. The van der Waals surface area contributed by atoms with Gasteiger partial charge in [0.1, 0.15) is 15.6 Å². The van der Waals surface area contributed by atoms with Crippen molar-refractivity contribution >= 4 is 15.7 Å². The lowest BCUT2D eigenvalue weighted by Gasteiger charge is -2.23. The Labute approximate surface area is 143 Å². The predicted molar refractivity (Wildman–Crippen MR) is 94.8 cm³/mol. The smallest absolute Gasteiger partial charge is 0.289 e. The van der Waals surface area contributed by atoms with Crippen molar-refractivity contribution in [1.29, 1.82) is 0 Å². The highest BCUT2D eigenvalue weighted by atomic mass is 32.2.